The first kappa shape index (κ1) is 17.1. The van der Waals surface area contributed by atoms with Gasteiger partial charge in [-0.25, -0.2) is 8.42 Å². The van der Waals surface area contributed by atoms with E-state index in [0.717, 1.165) is 17.5 Å². The van der Waals surface area contributed by atoms with Gasteiger partial charge in [0.15, 0.2) is 0 Å². The molecular weight excluding hydrogens is 272 g/mol. The molecule has 1 aromatic carbocycles. The molecule has 0 saturated heterocycles. The van der Waals surface area contributed by atoms with Crippen LogP contribution in [0.4, 0.5) is 0 Å². The van der Waals surface area contributed by atoms with Crippen molar-refractivity contribution in [2.45, 2.75) is 51.6 Å². The summed E-state index contributed by atoms with van der Waals surface area (Å²) in [6.07, 6.45) is 0.839. The summed E-state index contributed by atoms with van der Waals surface area (Å²) in [4.78, 5) is 0.321. The maximum Gasteiger partial charge on any atom is 0.243 e. The number of nitrogens with zero attached hydrogens (tertiary/aromatic N) is 1. The molecule has 0 bridgehead atoms. The summed E-state index contributed by atoms with van der Waals surface area (Å²) >= 11 is 0. The zero-order valence-electron chi connectivity index (χ0n) is 13.1. The van der Waals surface area contributed by atoms with Crippen LogP contribution in [0.25, 0.3) is 0 Å². The predicted octanol–water partition coefficient (Wildman–Crippen LogP) is 2.51. The molecule has 0 saturated carbocycles. The molecule has 0 aliphatic heterocycles. The average Bonchev–Trinajstić information content (AvgIpc) is 2.37. The molecule has 0 spiro atoms. The minimum absolute atomic E-state index is 0.0253. The van der Waals surface area contributed by atoms with Crippen molar-refractivity contribution < 1.29 is 8.42 Å². The molecule has 0 aliphatic carbocycles. The Balaban J connectivity index is 3.10. The lowest BCUT2D eigenvalue weighted by molar-refractivity contribution is 0.338. The molecule has 0 fully saturated rings. The Kier molecular flexibility index (Phi) is 5.74. The molecule has 2 N–H and O–H groups in total. The van der Waals surface area contributed by atoms with E-state index < -0.39 is 10.0 Å². The average molecular weight is 298 g/mol. The van der Waals surface area contributed by atoms with Gasteiger partial charge in [-0.3, -0.25) is 0 Å². The third-order valence-electron chi connectivity index (χ3n) is 3.65. The van der Waals surface area contributed by atoms with Gasteiger partial charge in [0.1, 0.15) is 0 Å². The van der Waals surface area contributed by atoms with Crippen molar-refractivity contribution in [3.8, 4) is 0 Å². The van der Waals surface area contributed by atoms with Gasteiger partial charge in [-0.2, -0.15) is 4.31 Å². The molecule has 1 rings (SSSR count). The fraction of sp³-hybridized carbons (Fsp3) is 0.600. The fourth-order valence-corrected chi connectivity index (χ4v) is 3.69. The van der Waals surface area contributed by atoms with Gasteiger partial charge in [-0.15, -0.1) is 0 Å². The van der Waals surface area contributed by atoms with Gasteiger partial charge < -0.3 is 5.73 Å². The Morgan fingerprint density at radius 1 is 1.25 bits per heavy atom. The van der Waals surface area contributed by atoms with Crippen LogP contribution < -0.4 is 5.73 Å². The molecule has 20 heavy (non-hydrogen) atoms. The molecule has 1 unspecified atom stereocenters. The van der Waals surface area contributed by atoms with Gasteiger partial charge in [0, 0.05) is 19.6 Å². The van der Waals surface area contributed by atoms with Gasteiger partial charge in [0.25, 0.3) is 0 Å². The van der Waals surface area contributed by atoms with Crippen LogP contribution in [0.5, 0.6) is 0 Å². The number of hydrogen-bond donors (Lipinski definition) is 1. The van der Waals surface area contributed by atoms with Crippen molar-refractivity contribution >= 4 is 10.0 Å². The molecule has 1 atom stereocenters. The summed E-state index contributed by atoms with van der Waals surface area (Å²) in [6.45, 7) is 8.41. The lowest BCUT2D eigenvalue weighted by Crippen LogP contribution is -2.36. The normalized spacial score (nSPS) is 14.0. The van der Waals surface area contributed by atoms with Crippen LogP contribution in [0.3, 0.4) is 0 Å². The number of hydrogen-bond acceptors (Lipinski definition) is 3. The molecule has 114 valence electrons. The number of rotatable bonds is 6. The largest absolute Gasteiger partial charge is 0.326 e. The number of benzene rings is 1. The summed E-state index contributed by atoms with van der Waals surface area (Å²) in [5.74, 6) is 0.459. The van der Waals surface area contributed by atoms with Crippen molar-refractivity contribution in [1.82, 2.24) is 4.31 Å². The summed E-state index contributed by atoms with van der Waals surface area (Å²) < 4.78 is 26.7. The van der Waals surface area contributed by atoms with Crippen LogP contribution in [-0.2, 0) is 16.6 Å². The summed E-state index contributed by atoms with van der Waals surface area (Å²) in [6, 6.07) is 5.13. The first-order valence-corrected chi connectivity index (χ1v) is 8.41. The van der Waals surface area contributed by atoms with Crippen molar-refractivity contribution in [3.05, 3.63) is 29.3 Å². The monoisotopic (exact) mass is 298 g/mol. The van der Waals surface area contributed by atoms with Gasteiger partial charge in [-0.1, -0.05) is 19.9 Å². The minimum atomic E-state index is -3.46. The van der Waals surface area contributed by atoms with Crippen LogP contribution in [0.2, 0.25) is 0 Å². The summed E-state index contributed by atoms with van der Waals surface area (Å²) in [5, 5.41) is 0. The maximum atomic E-state index is 12.6. The Bertz CT molecular complexity index is 553. The van der Waals surface area contributed by atoms with E-state index in [1.807, 2.05) is 19.9 Å². The second-order valence-corrected chi connectivity index (χ2v) is 7.79. The first-order valence-electron chi connectivity index (χ1n) is 6.97. The Morgan fingerprint density at radius 2 is 1.85 bits per heavy atom. The van der Waals surface area contributed by atoms with Crippen molar-refractivity contribution in [2.75, 3.05) is 7.05 Å². The quantitative estimate of drug-likeness (QED) is 0.877. The smallest absolute Gasteiger partial charge is 0.243 e. The highest BCUT2D eigenvalue weighted by Gasteiger charge is 2.26. The number of sulfonamides is 1. The zero-order valence-corrected chi connectivity index (χ0v) is 13.9. The topological polar surface area (TPSA) is 63.4 Å². The fourth-order valence-electron chi connectivity index (χ4n) is 2.26. The van der Waals surface area contributed by atoms with Gasteiger partial charge in [0.2, 0.25) is 10.0 Å². The summed E-state index contributed by atoms with van der Waals surface area (Å²) in [7, 11) is -1.81. The Morgan fingerprint density at radius 3 is 2.35 bits per heavy atom. The zero-order chi connectivity index (χ0) is 15.5. The highest BCUT2D eigenvalue weighted by atomic mass is 32.2. The first-order chi connectivity index (χ1) is 9.20. The lowest BCUT2D eigenvalue weighted by Gasteiger charge is -2.26. The van der Waals surface area contributed by atoms with Crippen LogP contribution in [0.1, 0.15) is 38.3 Å². The van der Waals surface area contributed by atoms with E-state index in [1.54, 1.807) is 19.2 Å². The molecule has 4 nitrogen and oxygen atoms in total. The second-order valence-electron chi connectivity index (χ2n) is 5.79. The van der Waals surface area contributed by atoms with Gasteiger partial charge in [0.05, 0.1) is 4.90 Å². The standard InChI is InChI=1S/C15H26N2O2S/c1-11(2)8-13(4)17(5)20(18,19)15-7-6-12(3)14(9-15)10-16/h6-7,9,11,13H,8,10,16H2,1-5H3. The van der Waals surface area contributed by atoms with Gasteiger partial charge >= 0.3 is 0 Å². The molecule has 0 heterocycles. The Labute approximate surface area is 123 Å². The Hall–Kier alpha value is -0.910. The third kappa shape index (κ3) is 3.81. The van der Waals surface area contributed by atoms with E-state index in [0.29, 0.717) is 17.4 Å². The van der Waals surface area contributed by atoms with E-state index in [4.69, 9.17) is 5.73 Å². The van der Waals surface area contributed by atoms with Gasteiger partial charge in [-0.05, 0) is 49.4 Å². The number of nitrogens with two attached hydrogens (primary N) is 1. The molecule has 5 heteroatoms. The molecule has 1 aromatic rings. The van der Waals surface area contributed by atoms with E-state index in [1.165, 1.54) is 4.31 Å². The third-order valence-corrected chi connectivity index (χ3v) is 5.62. The van der Waals surface area contributed by atoms with E-state index in [2.05, 4.69) is 13.8 Å². The van der Waals surface area contributed by atoms with Crippen molar-refractivity contribution in [1.29, 1.82) is 0 Å². The van der Waals surface area contributed by atoms with E-state index >= 15 is 0 Å². The maximum absolute atomic E-state index is 12.6. The van der Waals surface area contributed by atoms with Crippen LogP contribution >= 0.6 is 0 Å². The molecule has 0 aromatic heterocycles. The van der Waals surface area contributed by atoms with Crippen LogP contribution in [0, 0.1) is 12.8 Å². The summed E-state index contributed by atoms with van der Waals surface area (Å²) in [5.41, 5.74) is 7.55. The second kappa shape index (κ2) is 6.70. The molecule has 0 radical (unpaired) electrons. The minimum Gasteiger partial charge on any atom is -0.326 e. The van der Waals surface area contributed by atoms with Crippen molar-refractivity contribution in [2.24, 2.45) is 11.7 Å². The molecular formula is C15H26N2O2S. The van der Waals surface area contributed by atoms with E-state index in [9.17, 15) is 8.42 Å². The predicted molar refractivity (Wildman–Crippen MR) is 82.9 cm³/mol. The SMILES string of the molecule is Cc1ccc(S(=O)(=O)N(C)C(C)CC(C)C)cc1CN. The van der Waals surface area contributed by atoms with Crippen LogP contribution in [-0.4, -0.2) is 25.8 Å². The lowest BCUT2D eigenvalue weighted by atomic mass is 10.1. The molecule has 0 aliphatic rings. The highest BCUT2D eigenvalue weighted by Crippen LogP contribution is 2.22. The highest BCUT2D eigenvalue weighted by molar-refractivity contribution is 7.89. The van der Waals surface area contributed by atoms with E-state index in [-0.39, 0.29) is 6.04 Å². The molecule has 0 amide bonds. The van der Waals surface area contributed by atoms with Crippen molar-refractivity contribution in [3.63, 3.8) is 0 Å². The van der Waals surface area contributed by atoms with Crippen LogP contribution in [0.15, 0.2) is 23.1 Å². The number of aryl methyl sites for hydroxylation is 1.